The number of rotatable bonds is 5. The standard InChI is InChI=1S/C22H21F2N3O3/c1-2-30-14-5-3-13(4-6-14)25-19(28)12-27-10-9-18-15(11-27)22(29)20-16(23)7-8-17(24)21(20)26-18/h3-8H,2,9-12H2,1H3,(H,25,28)(H,26,29). The Bertz CT molecular complexity index is 1160. The molecule has 0 spiro atoms. The fraction of sp³-hybridized carbons (Fsp3) is 0.273. The molecule has 1 aromatic heterocycles. The minimum Gasteiger partial charge on any atom is -0.494 e. The van der Waals surface area contributed by atoms with Crippen LogP contribution in [-0.2, 0) is 17.8 Å². The first kappa shape index (κ1) is 20.0. The first-order chi connectivity index (χ1) is 14.5. The van der Waals surface area contributed by atoms with Gasteiger partial charge in [-0.3, -0.25) is 14.5 Å². The topological polar surface area (TPSA) is 74.4 Å². The zero-order valence-corrected chi connectivity index (χ0v) is 16.4. The van der Waals surface area contributed by atoms with Crippen molar-refractivity contribution in [1.29, 1.82) is 0 Å². The van der Waals surface area contributed by atoms with Crippen LogP contribution in [0.15, 0.2) is 41.2 Å². The lowest BCUT2D eigenvalue weighted by Crippen LogP contribution is -2.39. The third-order valence-electron chi connectivity index (χ3n) is 5.12. The summed E-state index contributed by atoms with van der Waals surface area (Å²) in [5.74, 6) is -0.931. The van der Waals surface area contributed by atoms with Crippen molar-refractivity contribution in [3.63, 3.8) is 0 Å². The van der Waals surface area contributed by atoms with Gasteiger partial charge in [0.2, 0.25) is 5.91 Å². The molecule has 0 saturated carbocycles. The molecule has 6 nitrogen and oxygen atoms in total. The predicted molar refractivity (Wildman–Crippen MR) is 110 cm³/mol. The lowest BCUT2D eigenvalue weighted by atomic mass is 10.0. The highest BCUT2D eigenvalue weighted by molar-refractivity contribution is 5.92. The van der Waals surface area contributed by atoms with E-state index in [-0.39, 0.29) is 29.9 Å². The van der Waals surface area contributed by atoms with Gasteiger partial charge in [-0.05, 0) is 43.3 Å². The van der Waals surface area contributed by atoms with E-state index in [1.54, 1.807) is 24.3 Å². The lowest BCUT2D eigenvalue weighted by Gasteiger charge is -2.28. The summed E-state index contributed by atoms with van der Waals surface area (Å²) in [7, 11) is 0. The van der Waals surface area contributed by atoms with E-state index in [4.69, 9.17) is 4.74 Å². The number of benzene rings is 2. The third-order valence-corrected chi connectivity index (χ3v) is 5.12. The Hall–Kier alpha value is -3.26. The summed E-state index contributed by atoms with van der Waals surface area (Å²) in [6.07, 6.45) is 0.437. The molecule has 1 aliphatic rings. The van der Waals surface area contributed by atoms with Crippen LogP contribution in [0.25, 0.3) is 10.9 Å². The van der Waals surface area contributed by atoms with Gasteiger partial charge >= 0.3 is 0 Å². The zero-order chi connectivity index (χ0) is 21.3. The molecule has 0 unspecified atom stereocenters. The van der Waals surface area contributed by atoms with E-state index in [0.717, 1.165) is 17.9 Å². The number of pyridine rings is 1. The van der Waals surface area contributed by atoms with E-state index in [9.17, 15) is 18.4 Å². The fourth-order valence-electron chi connectivity index (χ4n) is 3.70. The van der Waals surface area contributed by atoms with Crippen LogP contribution in [0.5, 0.6) is 5.75 Å². The van der Waals surface area contributed by atoms with E-state index in [0.29, 0.717) is 36.5 Å². The molecule has 1 aliphatic heterocycles. The number of ether oxygens (including phenoxy) is 1. The van der Waals surface area contributed by atoms with Crippen molar-refractivity contribution >= 4 is 22.5 Å². The maximum absolute atomic E-state index is 14.2. The summed E-state index contributed by atoms with van der Waals surface area (Å²) < 4.78 is 33.6. The van der Waals surface area contributed by atoms with Crippen LogP contribution < -0.4 is 15.5 Å². The Morgan fingerprint density at radius 1 is 1.17 bits per heavy atom. The average Bonchev–Trinajstić information content (AvgIpc) is 2.73. The highest BCUT2D eigenvalue weighted by Crippen LogP contribution is 2.22. The molecule has 2 aromatic carbocycles. The number of carbonyl (C=O) groups is 1. The molecule has 4 rings (SSSR count). The van der Waals surface area contributed by atoms with E-state index in [2.05, 4.69) is 10.3 Å². The minimum atomic E-state index is -0.763. The number of aromatic nitrogens is 1. The van der Waals surface area contributed by atoms with Crippen molar-refractivity contribution in [1.82, 2.24) is 9.88 Å². The number of nitrogens with one attached hydrogen (secondary N) is 2. The summed E-state index contributed by atoms with van der Waals surface area (Å²) in [6.45, 7) is 3.24. The number of carbonyl (C=O) groups excluding carboxylic acids is 1. The average molecular weight is 413 g/mol. The summed E-state index contributed by atoms with van der Waals surface area (Å²) in [5, 5.41) is 2.53. The summed E-state index contributed by atoms with van der Waals surface area (Å²) in [4.78, 5) is 29.9. The number of hydrogen-bond donors (Lipinski definition) is 2. The van der Waals surface area contributed by atoms with Crippen LogP contribution in [0, 0.1) is 11.6 Å². The van der Waals surface area contributed by atoms with Crippen LogP contribution in [0.4, 0.5) is 14.5 Å². The normalized spacial score (nSPS) is 13.8. The number of amides is 1. The Morgan fingerprint density at radius 3 is 2.63 bits per heavy atom. The van der Waals surface area contributed by atoms with Gasteiger partial charge in [0.25, 0.3) is 0 Å². The largest absolute Gasteiger partial charge is 0.494 e. The molecule has 2 heterocycles. The van der Waals surface area contributed by atoms with Crippen LogP contribution in [-0.4, -0.2) is 35.5 Å². The number of aromatic amines is 1. The molecule has 0 saturated heterocycles. The van der Waals surface area contributed by atoms with E-state index in [1.165, 1.54) is 0 Å². The van der Waals surface area contributed by atoms with Gasteiger partial charge in [-0.15, -0.1) is 0 Å². The summed E-state index contributed by atoms with van der Waals surface area (Å²) in [6, 6.07) is 9.00. The van der Waals surface area contributed by atoms with Crippen molar-refractivity contribution in [2.75, 3.05) is 25.0 Å². The second kappa shape index (κ2) is 8.23. The van der Waals surface area contributed by atoms with Crippen molar-refractivity contribution < 1.29 is 18.3 Å². The van der Waals surface area contributed by atoms with Gasteiger partial charge in [0.05, 0.1) is 24.1 Å². The van der Waals surface area contributed by atoms with E-state index in [1.807, 2.05) is 11.8 Å². The third kappa shape index (κ3) is 3.91. The monoisotopic (exact) mass is 413 g/mol. The number of fused-ring (bicyclic) bond motifs is 2. The maximum atomic E-state index is 14.2. The van der Waals surface area contributed by atoms with Gasteiger partial charge < -0.3 is 15.0 Å². The number of hydrogen-bond acceptors (Lipinski definition) is 4. The number of anilines is 1. The van der Waals surface area contributed by atoms with Crippen molar-refractivity contribution in [3.05, 3.63) is 69.5 Å². The van der Waals surface area contributed by atoms with Crippen molar-refractivity contribution in [3.8, 4) is 5.75 Å². The second-order valence-corrected chi connectivity index (χ2v) is 7.16. The van der Waals surface area contributed by atoms with E-state index < -0.39 is 17.1 Å². The SMILES string of the molecule is CCOc1ccc(NC(=O)CN2CCc3[nH]c4c(F)ccc(F)c4c(=O)c3C2)cc1. The summed E-state index contributed by atoms with van der Waals surface area (Å²) in [5.41, 5.74) is 0.947. The van der Waals surface area contributed by atoms with Crippen LogP contribution in [0.3, 0.4) is 0 Å². The first-order valence-corrected chi connectivity index (χ1v) is 9.73. The van der Waals surface area contributed by atoms with Crippen LogP contribution in [0.2, 0.25) is 0 Å². The second-order valence-electron chi connectivity index (χ2n) is 7.16. The fourth-order valence-corrected chi connectivity index (χ4v) is 3.70. The summed E-state index contributed by atoms with van der Waals surface area (Å²) >= 11 is 0. The Morgan fingerprint density at radius 2 is 1.90 bits per heavy atom. The van der Waals surface area contributed by atoms with Crippen LogP contribution in [0.1, 0.15) is 18.2 Å². The Kier molecular flexibility index (Phi) is 5.50. The molecule has 0 fully saturated rings. The van der Waals surface area contributed by atoms with Gasteiger partial charge in [-0.2, -0.15) is 0 Å². The molecular formula is C22H21F2N3O3. The van der Waals surface area contributed by atoms with Crippen LogP contribution >= 0.6 is 0 Å². The smallest absolute Gasteiger partial charge is 0.238 e. The lowest BCUT2D eigenvalue weighted by molar-refractivity contribution is -0.117. The quantitative estimate of drug-likeness (QED) is 0.674. The highest BCUT2D eigenvalue weighted by atomic mass is 19.1. The Labute approximate surface area is 171 Å². The van der Waals surface area contributed by atoms with Crippen molar-refractivity contribution in [2.45, 2.75) is 19.9 Å². The number of H-pyrrole nitrogens is 1. The van der Waals surface area contributed by atoms with Gasteiger partial charge in [0.15, 0.2) is 5.43 Å². The van der Waals surface area contributed by atoms with Gasteiger partial charge in [-0.25, -0.2) is 8.78 Å². The molecule has 0 bridgehead atoms. The Balaban J connectivity index is 1.49. The minimum absolute atomic E-state index is 0.0791. The van der Waals surface area contributed by atoms with E-state index >= 15 is 0 Å². The van der Waals surface area contributed by atoms with Gasteiger partial charge in [-0.1, -0.05) is 0 Å². The molecule has 3 aromatic rings. The first-order valence-electron chi connectivity index (χ1n) is 9.73. The molecule has 0 aliphatic carbocycles. The highest BCUT2D eigenvalue weighted by Gasteiger charge is 2.24. The number of halogens is 2. The maximum Gasteiger partial charge on any atom is 0.238 e. The molecule has 8 heteroatoms. The number of nitrogens with zero attached hydrogens (tertiary/aromatic N) is 1. The molecule has 0 radical (unpaired) electrons. The van der Waals surface area contributed by atoms with Gasteiger partial charge in [0.1, 0.15) is 17.4 Å². The predicted octanol–water partition coefficient (Wildman–Crippen LogP) is 3.20. The molecule has 1 amide bonds. The molecule has 0 atom stereocenters. The molecule has 156 valence electrons. The molecular weight excluding hydrogens is 392 g/mol. The molecule has 30 heavy (non-hydrogen) atoms. The van der Waals surface area contributed by atoms with Gasteiger partial charge in [0, 0.05) is 36.5 Å². The molecule has 2 N–H and O–H groups in total. The van der Waals surface area contributed by atoms with Crippen molar-refractivity contribution in [2.24, 2.45) is 0 Å². The zero-order valence-electron chi connectivity index (χ0n) is 16.4.